The first-order valence-corrected chi connectivity index (χ1v) is 10.7. The van der Waals surface area contributed by atoms with Crippen molar-refractivity contribution in [2.45, 2.75) is 6.04 Å². The Balaban J connectivity index is 1.62. The second-order valence-corrected chi connectivity index (χ2v) is 8.19. The predicted molar refractivity (Wildman–Crippen MR) is 126 cm³/mol. The number of phenols is 1. The van der Waals surface area contributed by atoms with Crippen molar-refractivity contribution in [3.05, 3.63) is 79.7 Å². The van der Waals surface area contributed by atoms with E-state index in [2.05, 4.69) is 25.7 Å². The Kier molecular flexibility index (Phi) is 6.37. The maximum atomic E-state index is 12.7. The van der Waals surface area contributed by atoms with E-state index < -0.39 is 28.3 Å². The first-order valence-electron chi connectivity index (χ1n) is 9.62. The van der Waals surface area contributed by atoms with Gasteiger partial charge in [0.15, 0.2) is 0 Å². The van der Waals surface area contributed by atoms with Crippen LogP contribution in [0.4, 0.5) is 5.69 Å². The number of halogens is 1. The molecule has 168 valence electrons. The summed E-state index contributed by atoms with van der Waals surface area (Å²) in [4.78, 5) is 26.2. The zero-order valence-electron chi connectivity index (χ0n) is 16.8. The standard InChI is InChI=1S/C21H17IN6O5/c22-14-6-12(8-17(20(14)30)28(32)33)18-19(26-27-25-18)13-7-15(23-9-13)21(31)24-16(10-29)11-4-2-1-3-5-11/h1-9,16,23,29-30H,10H2,(H,24,31)(H,25,26,27). The quantitative estimate of drug-likeness (QED) is 0.131. The largest absolute Gasteiger partial charge is 0.501 e. The molecule has 0 saturated carbocycles. The second-order valence-electron chi connectivity index (χ2n) is 7.03. The molecular weight excluding hydrogens is 543 g/mol. The number of H-pyrrole nitrogens is 2. The molecule has 2 aromatic carbocycles. The Morgan fingerprint density at radius 1 is 1.15 bits per heavy atom. The number of nitrogens with zero attached hydrogens (tertiary/aromatic N) is 3. The van der Waals surface area contributed by atoms with Crippen LogP contribution in [0.2, 0.25) is 0 Å². The van der Waals surface area contributed by atoms with Crippen LogP contribution in [0, 0.1) is 13.7 Å². The number of phenolic OH excluding ortho intramolecular Hbond substituents is 1. The summed E-state index contributed by atoms with van der Waals surface area (Å²) >= 11 is 1.80. The number of benzene rings is 2. The lowest BCUT2D eigenvalue weighted by molar-refractivity contribution is -0.385. The molecule has 0 aliphatic heterocycles. The van der Waals surface area contributed by atoms with Crippen LogP contribution < -0.4 is 5.32 Å². The number of carbonyl (C=O) groups excluding carboxylic acids is 1. The number of aromatic amines is 2. The van der Waals surface area contributed by atoms with Crippen molar-refractivity contribution in [3.8, 4) is 28.3 Å². The predicted octanol–water partition coefficient (Wildman–Crippen LogP) is 3.15. The monoisotopic (exact) mass is 560 g/mol. The number of aliphatic hydroxyl groups is 1. The maximum absolute atomic E-state index is 12.7. The van der Waals surface area contributed by atoms with Crippen molar-refractivity contribution in [3.63, 3.8) is 0 Å². The molecule has 1 unspecified atom stereocenters. The number of nitro benzene ring substituents is 1. The van der Waals surface area contributed by atoms with Crippen LogP contribution in [0.3, 0.4) is 0 Å². The van der Waals surface area contributed by atoms with Gasteiger partial charge in [0.25, 0.3) is 5.91 Å². The number of aliphatic hydroxyl groups excluding tert-OH is 1. The van der Waals surface area contributed by atoms with Gasteiger partial charge in [-0.3, -0.25) is 14.9 Å². The van der Waals surface area contributed by atoms with Crippen molar-refractivity contribution >= 4 is 34.2 Å². The fraction of sp³-hybridized carbons (Fsp3) is 0.0952. The van der Waals surface area contributed by atoms with Crippen molar-refractivity contribution < 1.29 is 19.9 Å². The molecule has 4 rings (SSSR count). The highest BCUT2D eigenvalue weighted by Gasteiger charge is 2.23. The third-order valence-corrected chi connectivity index (χ3v) is 5.77. The number of nitrogens with one attached hydrogen (secondary N) is 3. The van der Waals surface area contributed by atoms with Gasteiger partial charge in [0.2, 0.25) is 5.75 Å². The first kappa shape index (κ1) is 22.4. The molecule has 0 spiro atoms. The number of nitro groups is 1. The SMILES string of the molecule is O=C(NC(CO)c1ccccc1)c1cc(-c2n[nH]nc2-c2cc(I)c(O)c([N+](=O)[O-])c2)c[nH]1. The Morgan fingerprint density at radius 3 is 2.52 bits per heavy atom. The number of hydrogen-bond donors (Lipinski definition) is 5. The van der Waals surface area contributed by atoms with Crippen LogP contribution >= 0.6 is 22.6 Å². The van der Waals surface area contributed by atoms with E-state index in [-0.39, 0.29) is 15.9 Å². The average molecular weight is 560 g/mol. The van der Waals surface area contributed by atoms with Gasteiger partial charge >= 0.3 is 5.69 Å². The lowest BCUT2D eigenvalue weighted by Gasteiger charge is -2.16. The van der Waals surface area contributed by atoms with Crippen LogP contribution in [-0.2, 0) is 0 Å². The highest BCUT2D eigenvalue weighted by Crippen LogP contribution is 2.38. The minimum Gasteiger partial charge on any atom is -0.501 e. The topological polar surface area (TPSA) is 170 Å². The number of carbonyl (C=O) groups is 1. The van der Waals surface area contributed by atoms with Crippen LogP contribution in [-0.4, -0.2) is 48.0 Å². The molecule has 1 amide bonds. The van der Waals surface area contributed by atoms with Crippen LogP contribution in [0.5, 0.6) is 5.75 Å². The molecular formula is C21H17IN6O5. The van der Waals surface area contributed by atoms with E-state index in [1.54, 1.807) is 53.1 Å². The molecule has 0 fully saturated rings. The van der Waals surface area contributed by atoms with Gasteiger partial charge in [0, 0.05) is 23.4 Å². The van der Waals surface area contributed by atoms with Crippen molar-refractivity contribution in [2.75, 3.05) is 6.61 Å². The van der Waals surface area contributed by atoms with Crippen LogP contribution in [0.25, 0.3) is 22.5 Å². The van der Waals surface area contributed by atoms with Gasteiger partial charge in [-0.15, -0.1) is 0 Å². The number of hydrogen-bond acceptors (Lipinski definition) is 7. The van der Waals surface area contributed by atoms with E-state index in [0.29, 0.717) is 22.5 Å². The van der Waals surface area contributed by atoms with E-state index in [1.807, 2.05) is 18.2 Å². The van der Waals surface area contributed by atoms with Gasteiger partial charge in [-0.05, 0) is 40.3 Å². The lowest BCUT2D eigenvalue weighted by Crippen LogP contribution is -2.30. The first-order chi connectivity index (χ1) is 15.9. The van der Waals surface area contributed by atoms with Crippen LogP contribution in [0.1, 0.15) is 22.1 Å². The van der Waals surface area contributed by atoms with E-state index >= 15 is 0 Å². The zero-order valence-corrected chi connectivity index (χ0v) is 19.0. The molecule has 33 heavy (non-hydrogen) atoms. The van der Waals surface area contributed by atoms with Gasteiger partial charge in [0.05, 0.1) is 21.1 Å². The summed E-state index contributed by atoms with van der Waals surface area (Å²) in [5, 5.41) is 44.4. The number of aromatic hydroxyl groups is 1. The molecule has 0 bridgehead atoms. The summed E-state index contributed by atoms with van der Waals surface area (Å²) in [6, 6.07) is 12.8. The third kappa shape index (κ3) is 4.56. The number of rotatable bonds is 7. The molecule has 1 atom stereocenters. The fourth-order valence-electron chi connectivity index (χ4n) is 3.31. The molecule has 12 heteroatoms. The Morgan fingerprint density at radius 2 is 1.85 bits per heavy atom. The van der Waals surface area contributed by atoms with E-state index in [4.69, 9.17) is 0 Å². The fourth-order valence-corrected chi connectivity index (χ4v) is 3.92. The summed E-state index contributed by atoms with van der Waals surface area (Å²) in [6.45, 7) is -0.269. The Labute approximate surface area is 200 Å². The molecule has 2 aromatic heterocycles. The average Bonchev–Trinajstić information content (AvgIpc) is 3.49. The molecule has 2 heterocycles. The van der Waals surface area contributed by atoms with E-state index in [9.17, 15) is 25.1 Å². The highest BCUT2D eigenvalue weighted by molar-refractivity contribution is 14.1. The molecule has 0 aliphatic rings. The molecule has 4 aromatic rings. The van der Waals surface area contributed by atoms with Crippen molar-refractivity contribution in [1.29, 1.82) is 0 Å². The van der Waals surface area contributed by atoms with Crippen LogP contribution in [0.15, 0.2) is 54.7 Å². The summed E-state index contributed by atoms with van der Waals surface area (Å²) < 4.78 is 0.288. The highest BCUT2D eigenvalue weighted by atomic mass is 127. The molecule has 0 saturated heterocycles. The van der Waals surface area contributed by atoms with Crippen molar-refractivity contribution in [1.82, 2.24) is 25.7 Å². The number of aromatic nitrogens is 4. The minimum atomic E-state index is -0.677. The lowest BCUT2D eigenvalue weighted by atomic mass is 10.1. The van der Waals surface area contributed by atoms with Gasteiger partial charge in [-0.25, -0.2) is 0 Å². The molecule has 0 aliphatic carbocycles. The Hall–Kier alpha value is -3.78. The molecule has 11 nitrogen and oxygen atoms in total. The summed E-state index contributed by atoms with van der Waals surface area (Å²) in [7, 11) is 0. The Bertz CT molecular complexity index is 1320. The van der Waals surface area contributed by atoms with E-state index in [1.165, 1.54) is 6.07 Å². The minimum absolute atomic E-state index is 0.236. The normalized spacial score (nSPS) is 11.8. The summed E-state index contributed by atoms with van der Waals surface area (Å²) in [6.07, 6.45) is 1.56. The van der Waals surface area contributed by atoms with Gasteiger partial charge in [0.1, 0.15) is 17.1 Å². The van der Waals surface area contributed by atoms with Gasteiger partial charge in [-0.2, -0.15) is 15.4 Å². The smallest absolute Gasteiger partial charge is 0.312 e. The van der Waals surface area contributed by atoms with Gasteiger partial charge in [-0.1, -0.05) is 30.3 Å². The number of amides is 1. The van der Waals surface area contributed by atoms with Gasteiger partial charge < -0.3 is 20.5 Å². The zero-order chi connectivity index (χ0) is 23.5. The third-order valence-electron chi connectivity index (χ3n) is 4.95. The summed E-state index contributed by atoms with van der Waals surface area (Å²) in [5.41, 5.74) is 2.14. The second kappa shape index (κ2) is 9.38. The van der Waals surface area contributed by atoms with Crippen molar-refractivity contribution in [2.24, 2.45) is 0 Å². The molecule has 0 radical (unpaired) electrons. The summed E-state index contributed by atoms with van der Waals surface area (Å²) in [5.74, 6) is -0.851. The van der Waals surface area contributed by atoms with E-state index in [0.717, 1.165) is 5.56 Å². The molecule has 5 N–H and O–H groups in total. The maximum Gasteiger partial charge on any atom is 0.312 e.